The second kappa shape index (κ2) is 7.09. The first-order valence-corrected chi connectivity index (χ1v) is 8.21. The zero-order valence-corrected chi connectivity index (χ0v) is 13.3. The minimum absolute atomic E-state index is 0.173. The van der Waals surface area contributed by atoms with Gasteiger partial charge in [-0.1, -0.05) is 0 Å². The van der Waals surface area contributed by atoms with Crippen molar-refractivity contribution in [1.82, 2.24) is 10.2 Å². The third-order valence-corrected chi connectivity index (χ3v) is 5.00. The summed E-state index contributed by atoms with van der Waals surface area (Å²) >= 11 is 1.81. The molecular weight excluding hydrogens is 272 g/mol. The maximum absolute atomic E-state index is 11.6. The fourth-order valence-electron chi connectivity index (χ4n) is 2.70. The Hall–Kier alpha value is -1.07. The predicted octanol–water partition coefficient (Wildman–Crippen LogP) is 3.33. The van der Waals surface area contributed by atoms with Crippen molar-refractivity contribution in [2.75, 3.05) is 19.7 Å². The SMILES string of the molecule is CCOC(=O)N1CCC(NC(C)c2sccc2C)CC1. The van der Waals surface area contributed by atoms with E-state index in [0.29, 0.717) is 18.7 Å². The van der Waals surface area contributed by atoms with E-state index < -0.39 is 0 Å². The van der Waals surface area contributed by atoms with Crippen LogP contribution in [-0.4, -0.2) is 36.7 Å². The van der Waals surface area contributed by atoms with Crippen molar-refractivity contribution in [3.8, 4) is 0 Å². The van der Waals surface area contributed by atoms with Gasteiger partial charge in [-0.25, -0.2) is 4.79 Å². The molecule has 0 spiro atoms. The average molecular weight is 296 g/mol. The van der Waals surface area contributed by atoms with Crippen LogP contribution in [-0.2, 0) is 4.74 Å². The van der Waals surface area contributed by atoms with E-state index in [1.165, 1.54) is 10.4 Å². The number of hydrogen-bond acceptors (Lipinski definition) is 4. The zero-order valence-electron chi connectivity index (χ0n) is 12.5. The van der Waals surface area contributed by atoms with Gasteiger partial charge in [0.1, 0.15) is 0 Å². The molecular formula is C15H24N2O2S. The summed E-state index contributed by atoms with van der Waals surface area (Å²) in [4.78, 5) is 14.9. The number of likely N-dealkylation sites (tertiary alicyclic amines) is 1. The number of aryl methyl sites for hydroxylation is 1. The highest BCUT2D eigenvalue weighted by Crippen LogP contribution is 2.25. The highest BCUT2D eigenvalue weighted by molar-refractivity contribution is 7.10. The number of rotatable bonds is 4. The highest BCUT2D eigenvalue weighted by Gasteiger charge is 2.24. The molecule has 2 heterocycles. The molecule has 1 aliphatic heterocycles. The van der Waals surface area contributed by atoms with Crippen molar-refractivity contribution in [3.63, 3.8) is 0 Å². The van der Waals surface area contributed by atoms with Gasteiger partial charge in [-0.15, -0.1) is 11.3 Å². The molecule has 5 heteroatoms. The van der Waals surface area contributed by atoms with Gasteiger partial charge >= 0.3 is 6.09 Å². The van der Waals surface area contributed by atoms with Crippen molar-refractivity contribution in [3.05, 3.63) is 21.9 Å². The van der Waals surface area contributed by atoms with Crippen LogP contribution >= 0.6 is 11.3 Å². The number of nitrogens with zero attached hydrogens (tertiary/aromatic N) is 1. The molecule has 1 aliphatic rings. The standard InChI is InChI=1S/C15H24N2O2S/c1-4-19-15(18)17-8-5-13(6-9-17)16-12(3)14-11(2)7-10-20-14/h7,10,12-13,16H,4-6,8-9H2,1-3H3. The molecule has 1 unspecified atom stereocenters. The van der Waals surface area contributed by atoms with Crippen LogP contribution in [0.3, 0.4) is 0 Å². The van der Waals surface area contributed by atoms with Crippen LogP contribution in [0.15, 0.2) is 11.4 Å². The van der Waals surface area contributed by atoms with Gasteiger partial charge in [-0.2, -0.15) is 0 Å². The molecule has 0 radical (unpaired) electrons. The van der Waals surface area contributed by atoms with Crippen LogP contribution < -0.4 is 5.32 Å². The number of amides is 1. The van der Waals surface area contributed by atoms with E-state index in [0.717, 1.165) is 25.9 Å². The van der Waals surface area contributed by atoms with E-state index in [1.807, 2.05) is 23.2 Å². The molecule has 1 atom stereocenters. The summed E-state index contributed by atoms with van der Waals surface area (Å²) in [6.07, 6.45) is 1.81. The van der Waals surface area contributed by atoms with E-state index in [1.54, 1.807) is 0 Å². The average Bonchev–Trinajstić information content (AvgIpc) is 2.86. The van der Waals surface area contributed by atoms with Crippen LogP contribution in [0.1, 0.15) is 43.2 Å². The third kappa shape index (κ3) is 3.73. The monoisotopic (exact) mass is 296 g/mol. The number of carbonyl (C=O) groups excluding carboxylic acids is 1. The van der Waals surface area contributed by atoms with Crippen LogP contribution in [0, 0.1) is 6.92 Å². The summed E-state index contributed by atoms with van der Waals surface area (Å²) in [6, 6.07) is 3.04. The maximum Gasteiger partial charge on any atom is 0.409 e. The van der Waals surface area contributed by atoms with Gasteiger partial charge in [0.05, 0.1) is 6.61 Å². The van der Waals surface area contributed by atoms with E-state index in [2.05, 4.69) is 30.6 Å². The van der Waals surface area contributed by atoms with E-state index in [4.69, 9.17) is 4.74 Å². The van der Waals surface area contributed by atoms with Crippen molar-refractivity contribution >= 4 is 17.4 Å². The molecule has 1 amide bonds. The van der Waals surface area contributed by atoms with Gasteiger partial charge in [-0.05, 0) is 50.6 Å². The minimum atomic E-state index is -0.173. The maximum atomic E-state index is 11.6. The number of carbonyl (C=O) groups is 1. The number of ether oxygens (including phenoxy) is 1. The summed E-state index contributed by atoms with van der Waals surface area (Å²) in [5.74, 6) is 0. The van der Waals surface area contributed by atoms with Crippen LogP contribution in [0.25, 0.3) is 0 Å². The largest absolute Gasteiger partial charge is 0.450 e. The fraction of sp³-hybridized carbons (Fsp3) is 0.667. The third-order valence-electron chi connectivity index (χ3n) is 3.80. The van der Waals surface area contributed by atoms with Gasteiger partial charge in [0.15, 0.2) is 0 Å². The van der Waals surface area contributed by atoms with Gasteiger partial charge < -0.3 is 15.0 Å². The summed E-state index contributed by atoms with van der Waals surface area (Å²) in [6.45, 7) is 8.24. The first-order valence-electron chi connectivity index (χ1n) is 7.33. The Morgan fingerprint density at radius 3 is 2.80 bits per heavy atom. The molecule has 0 aromatic carbocycles. The van der Waals surface area contributed by atoms with Crippen molar-refractivity contribution in [2.45, 2.75) is 45.7 Å². The normalized spacial score (nSPS) is 18.1. The van der Waals surface area contributed by atoms with Crippen molar-refractivity contribution in [2.24, 2.45) is 0 Å². The van der Waals surface area contributed by atoms with Crippen molar-refractivity contribution < 1.29 is 9.53 Å². The quantitative estimate of drug-likeness (QED) is 0.926. The number of nitrogens with one attached hydrogen (secondary N) is 1. The van der Waals surface area contributed by atoms with Gasteiger partial charge in [-0.3, -0.25) is 0 Å². The number of thiophene rings is 1. The van der Waals surface area contributed by atoms with Gasteiger partial charge in [0.2, 0.25) is 0 Å². The second-order valence-electron chi connectivity index (χ2n) is 5.32. The predicted molar refractivity (Wildman–Crippen MR) is 82.2 cm³/mol. The van der Waals surface area contributed by atoms with E-state index in [9.17, 15) is 4.79 Å². The topological polar surface area (TPSA) is 41.6 Å². The molecule has 4 nitrogen and oxygen atoms in total. The molecule has 20 heavy (non-hydrogen) atoms. The Labute approximate surface area is 125 Å². The number of hydrogen-bond donors (Lipinski definition) is 1. The van der Waals surface area contributed by atoms with Crippen LogP contribution in [0.2, 0.25) is 0 Å². The summed E-state index contributed by atoms with van der Waals surface area (Å²) in [5.41, 5.74) is 1.36. The Morgan fingerprint density at radius 2 is 2.25 bits per heavy atom. The fourth-order valence-corrected chi connectivity index (χ4v) is 3.65. The van der Waals surface area contributed by atoms with Crippen LogP contribution in [0.5, 0.6) is 0 Å². The molecule has 2 rings (SSSR count). The molecule has 0 aliphatic carbocycles. The van der Waals surface area contributed by atoms with Crippen LogP contribution in [0.4, 0.5) is 4.79 Å². The Bertz CT molecular complexity index is 439. The number of piperidine rings is 1. The summed E-state index contributed by atoms with van der Waals surface area (Å²) in [7, 11) is 0. The second-order valence-corrected chi connectivity index (χ2v) is 6.26. The lowest BCUT2D eigenvalue weighted by atomic mass is 10.0. The molecule has 0 bridgehead atoms. The molecule has 1 N–H and O–H groups in total. The van der Waals surface area contributed by atoms with E-state index in [-0.39, 0.29) is 6.09 Å². The highest BCUT2D eigenvalue weighted by atomic mass is 32.1. The summed E-state index contributed by atoms with van der Waals surface area (Å²) < 4.78 is 5.04. The molecule has 1 aromatic heterocycles. The summed E-state index contributed by atoms with van der Waals surface area (Å²) in [5, 5.41) is 5.83. The minimum Gasteiger partial charge on any atom is -0.450 e. The Morgan fingerprint density at radius 1 is 1.55 bits per heavy atom. The lowest BCUT2D eigenvalue weighted by molar-refractivity contribution is 0.0944. The smallest absolute Gasteiger partial charge is 0.409 e. The zero-order chi connectivity index (χ0) is 14.5. The van der Waals surface area contributed by atoms with E-state index >= 15 is 0 Å². The molecule has 112 valence electrons. The van der Waals surface area contributed by atoms with Crippen molar-refractivity contribution in [1.29, 1.82) is 0 Å². The molecule has 1 aromatic rings. The first-order chi connectivity index (χ1) is 9.61. The first kappa shape index (κ1) is 15.3. The Kier molecular flexibility index (Phi) is 5.43. The Balaban J connectivity index is 1.80. The lowest BCUT2D eigenvalue weighted by Crippen LogP contribution is -2.45. The molecule has 1 saturated heterocycles. The lowest BCUT2D eigenvalue weighted by Gasteiger charge is -2.33. The molecule has 1 fully saturated rings. The van der Waals surface area contributed by atoms with Gasteiger partial charge in [0, 0.05) is 30.1 Å². The van der Waals surface area contributed by atoms with Gasteiger partial charge in [0.25, 0.3) is 0 Å². The molecule has 0 saturated carbocycles.